The van der Waals surface area contributed by atoms with Crippen LogP contribution in [0, 0.1) is 13.8 Å². The predicted molar refractivity (Wildman–Crippen MR) is 103 cm³/mol. The number of anilines is 2. The van der Waals surface area contributed by atoms with Crippen molar-refractivity contribution in [3.63, 3.8) is 0 Å². The maximum Gasteiger partial charge on any atom is 0.265 e. The standard InChI is InChI=1S/C21H24N2O3/c1-14-6-11-19(13-15(14)2)26-16(3)21(25)22-17-7-9-18(10-8-17)23-12-4-5-20(23)24/h6-11,13,16H,4-5,12H2,1-3H3,(H,22,25)/t16-/m0/s1. The third kappa shape index (κ3) is 4.04. The molecule has 2 aromatic carbocycles. The van der Waals surface area contributed by atoms with Gasteiger partial charge in [0.1, 0.15) is 5.75 Å². The van der Waals surface area contributed by atoms with Crippen molar-refractivity contribution in [1.29, 1.82) is 0 Å². The third-order valence-electron chi connectivity index (χ3n) is 4.68. The van der Waals surface area contributed by atoms with Crippen LogP contribution < -0.4 is 15.0 Å². The Balaban J connectivity index is 1.60. The molecular formula is C21H24N2O3. The molecule has 5 heteroatoms. The number of amides is 2. The molecule has 2 aromatic rings. The topological polar surface area (TPSA) is 58.6 Å². The number of carbonyl (C=O) groups is 2. The summed E-state index contributed by atoms with van der Waals surface area (Å²) in [6.45, 7) is 6.53. The van der Waals surface area contributed by atoms with Crippen LogP contribution in [-0.2, 0) is 9.59 Å². The second-order valence-electron chi connectivity index (χ2n) is 6.69. The highest BCUT2D eigenvalue weighted by Crippen LogP contribution is 2.23. The van der Waals surface area contributed by atoms with Gasteiger partial charge in [0.2, 0.25) is 5.91 Å². The number of hydrogen-bond acceptors (Lipinski definition) is 3. The summed E-state index contributed by atoms with van der Waals surface area (Å²) in [5.74, 6) is 0.615. The minimum absolute atomic E-state index is 0.150. The molecule has 1 atom stereocenters. The van der Waals surface area contributed by atoms with Gasteiger partial charge in [-0.15, -0.1) is 0 Å². The maximum atomic E-state index is 12.4. The fourth-order valence-corrected chi connectivity index (χ4v) is 2.93. The molecule has 136 valence electrons. The summed E-state index contributed by atoms with van der Waals surface area (Å²) in [7, 11) is 0. The molecule has 0 aliphatic carbocycles. The van der Waals surface area contributed by atoms with Gasteiger partial charge in [-0.1, -0.05) is 6.07 Å². The molecule has 0 bridgehead atoms. The van der Waals surface area contributed by atoms with Crippen molar-refractivity contribution in [3.05, 3.63) is 53.6 Å². The molecule has 3 rings (SSSR count). The molecule has 2 amide bonds. The lowest BCUT2D eigenvalue weighted by molar-refractivity contribution is -0.122. The summed E-state index contributed by atoms with van der Waals surface area (Å²) in [5.41, 5.74) is 3.86. The Bertz CT molecular complexity index is 815. The summed E-state index contributed by atoms with van der Waals surface area (Å²) in [6, 6.07) is 13.1. The van der Waals surface area contributed by atoms with Crippen LogP contribution in [0.4, 0.5) is 11.4 Å². The molecule has 0 aromatic heterocycles. The number of benzene rings is 2. The van der Waals surface area contributed by atoms with Crippen molar-refractivity contribution >= 4 is 23.2 Å². The van der Waals surface area contributed by atoms with Gasteiger partial charge >= 0.3 is 0 Å². The second kappa shape index (κ2) is 7.60. The van der Waals surface area contributed by atoms with Crippen LogP contribution in [0.5, 0.6) is 5.75 Å². The second-order valence-corrected chi connectivity index (χ2v) is 6.69. The smallest absolute Gasteiger partial charge is 0.265 e. The van der Waals surface area contributed by atoms with E-state index in [2.05, 4.69) is 5.32 Å². The zero-order chi connectivity index (χ0) is 18.7. The van der Waals surface area contributed by atoms with Gasteiger partial charge in [-0.05, 0) is 74.7 Å². The minimum atomic E-state index is -0.614. The first kappa shape index (κ1) is 18.0. The van der Waals surface area contributed by atoms with E-state index in [1.54, 1.807) is 11.8 Å². The Morgan fingerprint density at radius 2 is 1.85 bits per heavy atom. The van der Waals surface area contributed by atoms with E-state index in [9.17, 15) is 9.59 Å². The van der Waals surface area contributed by atoms with Crippen molar-refractivity contribution in [3.8, 4) is 5.75 Å². The number of nitrogens with one attached hydrogen (secondary N) is 1. The van der Waals surface area contributed by atoms with Crippen molar-refractivity contribution < 1.29 is 14.3 Å². The van der Waals surface area contributed by atoms with Gasteiger partial charge in [-0.3, -0.25) is 9.59 Å². The van der Waals surface area contributed by atoms with E-state index < -0.39 is 6.10 Å². The lowest BCUT2D eigenvalue weighted by Gasteiger charge is -2.17. The van der Waals surface area contributed by atoms with Crippen molar-refractivity contribution in [2.75, 3.05) is 16.8 Å². The SMILES string of the molecule is Cc1ccc(O[C@@H](C)C(=O)Nc2ccc(N3CCCC3=O)cc2)cc1C. The van der Waals surface area contributed by atoms with E-state index in [0.29, 0.717) is 17.9 Å². The fourth-order valence-electron chi connectivity index (χ4n) is 2.93. The first-order valence-electron chi connectivity index (χ1n) is 8.89. The first-order chi connectivity index (χ1) is 12.4. The Morgan fingerprint density at radius 3 is 2.46 bits per heavy atom. The summed E-state index contributed by atoms with van der Waals surface area (Å²) < 4.78 is 5.74. The molecule has 0 unspecified atom stereocenters. The molecular weight excluding hydrogens is 328 g/mol. The van der Waals surface area contributed by atoms with Crippen LogP contribution in [0.3, 0.4) is 0 Å². The van der Waals surface area contributed by atoms with Crippen LogP contribution in [0.15, 0.2) is 42.5 Å². The van der Waals surface area contributed by atoms with E-state index in [1.165, 1.54) is 5.56 Å². The molecule has 1 heterocycles. The van der Waals surface area contributed by atoms with Gasteiger partial charge in [0.15, 0.2) is 6.10 Å². The molecule has 1 saturated heterocycles. The molecule has 1 fully saturated rings. The van der Waals surface area contributed by atoms with Gasteiger partial charge in [0.05, 0.1) is 0 Å². The van der Waals surface area contributed by atoms with Crippen molar-refractivity contribution in [1.82, 2.24) is 0 Å². The number of aryl methyl sites for hydroxylation is 2. The fraction of sp³-hybridized carbons (Fsp3) is 0.333. The van der Waals surface area contributed by atoms with Crippen LogP contribution in [0.1, 0.15) is 30.9 Å². The van der Waals surface area contributed by atoms with Crippen LogP contribution in [-0.4, -0.2) is 24.5 Å². The summed E-state index contributed by atoms with van der Waals surface area (Å²) in [6.07, 6.45) is 0.883. The monoisotopic (exact) mass is 352 g/mol. The van der Waals surface area contributed by atoms with E-state index in [4.69, 9.17) is 4.74 Å². The molecule has 1 aliphatic heterocycles. The average molecular weight is 352 g/mol. The Morgan fingerprint density at radius 1 is 1.12 bits per heavy atom. The normalized spacial score (nSPS) is 15.0. The van der Waals surface area contributed by atoms with Gasteiger partial charge in [0.25, 0.3) is 5.91 Å². The molecule has 0 radical (unpaired) electrons. The third-order valence-corrected chi connectivity index (χ3v) is 4.68. The number of ether oxygens (including phenoxy) is 1. The highest BCUT2D eigenvalue weighted by molar-refractivity contribution is 5.96. The number of carbonyl (C=O) groups excluding carboxylic acids is 2. The van der Waals surface area contributed by atoms with Crippen LogP contribution >= 0.6 is 0 Å². The van der Waals surface area contributed by atoms with Crippen molar-refractivity contribution in [2.45, 2.75) is 39.7 Å². The summed E-state index contributed by atoms with van der Waals surface area (Å²) >= 11 is 0. The molecule has 5 nitrogen and oxygen atoms in total. The van der Waals surface area contributed by atoms with Crippen LogP contribution in [0.2, 0.25) is 0 Å². The molecule has 26 heavy (non-hydrogen) atoms. The summed E-state index contributed by atoms with van der Waals surface area (Å²) in [4.78, 5) is 25.9. The minimum Gasteiger partial charge on any atom is -0.481 e. The van der Waals surface area contributed by atoms with Gasteiger partial charge < -0.3 is 15.0 Å². The first-order valence-corrected chi connectivity index (χ1v) is 8.89. The zero-order valence-electron chi connectivity index (χ0n) is 15.4. The van der Waals surface area contributed by atoms with Crippen LogP contribution in [0.25, 0.3) is 0 Å². The highest BCUT2D eigenvalue weighted by Gasteiger charge is 2.21. The van der Waals surface area contributed by atoms with E-state index >= 15 is 0 Å². The largest absolute Gasteiger partial charge is 0.481 e. The van der Waals surface area contributed by atoms with E-state index in [1.807, 2.05) is 56.3 Å². The van der Waals surface area contributed by atoms with E-state index in [0.717, 1.165) is 24.2 Å². The Hall–Kier alpha value is -2.82. The van der Waals surface area contributed by atoms with Crippen molar-refractivity contribution in [2.24, 2.45) is 0 Å². The number of rotatable bonds is 5. The van der Waals surface area contributed by atoms with Gasteiger partial charge in [-0.2, -0.15) is 0 Å². The summed E-state index contributed by atoms with van der Waals surface area (Å²) in [5, 5.41) is 2.85. The zero-order valence-corrected chi connectivity index (χ0v) is 15.4. The molecule has 1 aliphatic rings. The average Bonchev–Trinajstić information content (AvgIpc) is 3.05. The van der Waals surface area contributed by atoms with Gasteiger partial charge in [0, 0.05) is 24.3 Å². The van der Waals surface area contributed by atoms with E-state index in [-0.39, 0.29) is 11.8 Å². The molecule has 0 saturated carbocycles. The lowest BCUT2D eigenvalue weighted by Crippen LogP contribution is -2.30. The number of nitrogens with zero attached hydrogens (tertiary/aromatic N) is 1. The number of hydrogen-bond donors (Lipinski definition) is 1. The Labute approximate surface area is 154 Å². The van der Waals surface area contributed by atoms with Gasteiger partial charge in [-0.25, -0.2) is 0 Å². The quantitative estimate of drug-likeness (QED) is 0.889. The lowest BCUT2D eigenvalue weighted by atomic mass is 10.1. The molecule has 0 spiro atoms. The highest BCUT2D eigenvalue weighted by atomic mass is 16.5. The molecule has 1 N–H and O–H groups in total. The predicted octanol–water partition coefficient (Wildman–Crippen LogP) is 3.84. The maximum absolute atomic E-state index is 12.4. The Kier molecular flexibility index (Phi) is 5.26.